The van der Waals surface area contributed by atoms with Crippen LogP contribution in [0.3, 0.4) is 0 Å². The van der Waals surface area contributed by atoms with Gasteiger partial charge in [-0.3, -0.25) is 9.78 Å². The van der Waals surface area contributed by atoms with Gasteiger partial charge in [0.1, 0.15) is 5.69 Å². The quantitative estimate of drug-likeness (QED) is 0.751. The summed E-state index contributed by atoms with van der Waals surface area (Å²) in [5.74, 6) is 2.28. The van der Waals surface area contributed by atoms with Crippen LogP contribution in [0.1, 0.15) is 23.8 Å². The Hall–Kier alpha value is -1.53. The molecule has 1 rings (SSSR count). The van der Waals surface area contributed by atoms with E-state index in [0.29, 0.717) is 23.8 Å². The molecule has 1 amide bonds. The number of carbonyl (C=O) groups is 1. The topological polar surface area (TPSA) is 33.2 Å². The molecular formula is C12H13ClN2O. The monoisotopic (exact) mass is 236 g/mol. The van der Waals surface area contributed by atoms with E-state index in [9.17, 15) is 4.79 Å². The fourth-order valence-electron chi connectivity index (χ4n) is 1.32. The highest BCUT2D eigenvalue weighted by atomic mass is 35.5. The molecule has 3 nitrogen and oxygen atoms in total. The van der Waals surface area contributed by atoms with Crippen molar-refractivity contribution in [3.63, 3.8) is 0 Å². The van der Waals surface area contributed by atoms with Crippen LogP contribution >= 0.6 is 11.6 Å². The molecule has 0 unspecified atom stereocenters. The van der Waals surface area contributed by atoms with Gasteiger partial charge in [0.15, 0.2) is 0 Å². The number of halogens is 1. The van der Waals surface area contributed by atoms with E-state index in [1.54, 1.807) is 17.0 Å². The van der Waals surface area contributed by atoms with E-state index >= 15 is 0 Å². The zero-order valence-electron chi connectivity index (χ0n) is 9.11. The lowest BCUT2D eigenvalue weighted by Gasteiger charge is -2.18. The molecule has 1 aromatic heterocycles. The Labute approximate surface area is 100 Å². The van der Waals surface area contributed by atoms with Crippen molar-refractivity contribution in [3.05, 3.63) is 29.0 Å². The van der Waals surface area contributed by atoms with Crippen LogP contribution in [-0.4, -0.2) is 28.9 Å². The number of hydrogen-bond acceptors (Lipinski definition) is 2. The van der Waals surface area contributed by atoms with E-state index in [2.05, 4.69) is 10.9 Å². The molecular weight excluding hydrogens is 224 g/mol. The van der Waals surface area contributed by atoms with Gasteiger partial charge in [-0.25, -0.2) is 0 Å². The molecule has 16 heavy (non-hydrogen) atoms. The molecule has 0 saturated heterocycles. The summed E-state index contributed by atoms with van der Waals surface area (Å²) >= 11 is 5.80. The van der Waals surface area contributed by atoms with Crippen LogP contribution in [-0.2, 0) is 0 Å². The molecule has 1 heterocycles. The molecule has 0 bridgehead atoms. The standard InChI is InChI=1S/C12H13ClN2O/c1-3-7-15(8-4-2)12(16)11-9-10(13)5-6-14-11/h1,5-6,9H,4,7-8H2,2H3. The number of hydrogen-bond donors (Lipinski definition) is 0. The van der Waals surface area contributed by atoms with Gasteiger partial charge in [-0.05, 0) is 18.6 Å². The first-order valence-corrected chi connectivity index (χ1v) is 5.41. The van der Waals surface area contributed by atoms with Crippen molar-refractivity contribution in [2.75, 3.05) is 13.1 Å². The SMILES string of the molecule is C#CCN(CCC)C(=O)c1cc(Cl)ccn1. The van der Waals surface area contributed by atoms with Crippen LogP contribution < -0.4 is 0 Å². The fourth-order valence-corrected chi connectivity index (χ4v) is 1.48. The normalized spacial score (nSPS) is 9.56. The Morgan fingerprint density at radius 2 is 2.44 bits per heavy atom. The number of aromatic nitrogens is 1. The molecule has 0 aliphatic heterocycles. The Kier molecular flexibility index (Phi) is 4.81. The Morgan fingerprint density at radius 1 is 1.69 bits per heavy atom. The summed E-state index contributed by atoms with van der Waals surface area (Å²) in [5, 5.41) is 0.496. The number of rotatable bonds is 4. The summed E-state index contributed by atoms with van der Waals surface area (Å²) in [6.07, 6.45) is 7.58. The van der Waals surface area contributed by atoms with Crippen molar-refractivity contribution in [2.24, 2.45) is 0 Å². The van der Waals surface area contributed by atoms with E-state index in [-0.39, 0.29) is 5.91 Å². The van der Waals surface area contributed by atoms with Gasteiger partial charge >= 0.3 is 0 Å². The van der Waals surface area contributed by atoms with Gasteiger partial charge in [0.05, 0.1) is 6.54 Å². The Bertz CT molecular complexity index is 412. The second-order valence-corrected chi connectivity index (χ2v) is 3.73. The first-order valence-electron chi connectivity index (χ1n) is 5.03. The third-order valence-electron chi connectivity index (χ3n) is 2.00. The lowest BCUT2D eigenvalue weighted by atomic mass is 10.3. The van der Waals surface area contributed by atoms with Crippen LogP contribution in [0.4, 0.5) is 0 Å². The van der Waals surface area contributed by atoms with E-state index in [1.807, 2.05) is 6.92 Å². The third kappa shape index (κ3) is 3.25. The summed E-state index contributed by atoms with van der Waals surface area (Å²) in [4.78, 5) is 17.5. The van der Waals surface area contributed by atoms with Crippen LogP contribution in [0.25, 0.3) is 0 Å². The molecule has 0 N–H and O–H groups in total. The number of nitrogens with zero attached hydrogens (tertiary/aromatic N) is 2. The number of carbonyl (C=O) groups excluding carboxylic acids is 1. The average molecular weight is 237 g/mol. The predicted molar refractivity (Wildman–Crippen MR) is 64.3 cm³/mol. The maximum absolute atomic E-state index is 12.0. The first kappa shape index (κ1) is 12.5. The molecule has 0 saturated carbocycles. The maximum Gasteiger partial charge on any atom is 0.273 e. The minimum atomic E-state index is -0.178. The van der Waals surface area contributed by atoms with Crippen LogP contribution in [0.2, 0.25) is 5.02 Å². The highest BCUT2D eigenvalue weighted by Gasteiger charge is 2.15. The van der Waals surface area contributed by atoms with E-state index < -0.39 is 0 Å². The molecule has 0 aromatic carbocycles. The Balaban J connectivity index is 2.86. The van der Waals surface area contributed by atoms with Crippen molar-refractivity contribution >= 4 is 17.5 Å². The minimum Gasteiger partial charge on any atom is -0.326 e. The largest absolute Gasteiger partial charge is 0.326 e. The minimum absolute atomic E-state index is 0.178. The number of pyridine rings is 1. The summed E-state index contributed by atoms with van der Waals surface area (Å²) in [5.41, 5.74) is 0.330. The van der Waals surface area contributed by atoms with Crippen molar-refractivity contribution in [3.8, 4) is 12.3 Å². The second kappa shape index (κ2) is 6.14. The third-order valence-corrected chi connectivity index (χ3v) is 2.24. The van der Waals surface area contributed by atoms with Gasteiger partial charge in [-0.15, -0.1) is 6.42 Å². The van der Waals surface area contributed by atoms with Gasteiger partial charge in [-0.1, -0.05) is 24.4 Å². The predicted octanol–water partition coefficient (Wildman–Crippen LogP) is 2.22. The molecule has 0 radical (unpaired) electrons. The van der Waals surface area contributed by atoms with Crippen molar-refractivity contribution in [1.82, 2.24) is 9.88 Å². The van der Waals surface area contributed by atoms with Crippen molar-refractivity contribution in [1.29, 1.82) is 0 Å². The van der Waals surface area contributed by atoms with Crippen LogP contribution in [0.15, 0.2) is 18.3 Å². The van der Waals surface area contributed by atoms with Gasteiger partial charge in [0, 0.05) is 17.8 Å². The molecule has 0 spiro atoms. The molecule has 0 aliphatic carbocycles. The van der Waals surface area contributed by atoms with Gasteiger partial charge in [-0.2, -0.15) is 0 Å². The van der Waals surface area contributed by atoms with Crippen molar-refractivity contribution < 1.29 is 4.79 Å². The molecule has 4 heteroatoms. The summed E-state index contributed by atoms with van der Waals surface area (Å²) in [6, 6.07) is 3.17. The highest BCUT2D eigenvalue weighted by molar-refractivity contribution is 6.30. The smallest absolute Gasteiger partial charge is 0.273 e. The second-order valence-electron chi connectivity index (χ2n) is 3.29. The lowest BCUT2D eigenvalue weighted by Crippen LogP contribution is -2.32. The van der Waals surface area contributed by atoms with E-state index in [4.69, 9.17) is 18.0 Å². The van der Waals surface area contributed by atoms with Gasteiger partial charge in [0.2, 0.25) is 0 Å². The van der Waals surface area contributed by atoms with Crippen LogP contribution in [0, 0.1) is 12.3 Å². The number of terminal acetylenes is 1. The van der Waals surface area contributed by atoms with Crippen LogP contribution in [0.5, 0.6) is 0 Å². The highest BCUT2D eigenvalue weighted by Crippen LogP contribution is 2.10. The number of amides is 1. The average Bonchev–Trinajstić information content (AvgIpc) is 2.28. The van der Waals surface area contributed by atoms with E-state index in [1.165, 1.54) is 6.20 Å². The molecule has 0 atom stereocenters. The Morgan fingerprint density at radius 3 is 3.00 bits per heavy atom. The zero-order chi connectivity index (χ0) is 12.0. The molecule has 0 aliphatic rings. The first-order chi connectivity index (χ1) is 7.69. The van der Waals surface area contributed by atoms with Gasteiger partial charge in [0.25, 0.3) is 5.91 Å². The van der Waals surface area contributed by atoms with Crippen molar-refractivity contribution in [2.45, 2.75) is 13.3 Å². The summed E-state index contributed by atoms with van der Waals surface area (Å²) in [6.45, 7) is 2.90. The maximum atomic E-state index is 12.0. The lowest BCUT2D eigenvalue weighted by molar-refractivity contribution is 0.0771. The summed E-state index contributed by atoms with van der Waals surface area (Å²) in [7, 11) is 0. The van der Waals surface area contributed by atoms with E-state index in [0.717, 1.165) is 6.42 Å². The molecule has 0 fully saturated rings. The summed E-state index contributed by atoms with van der Waals surface area (Å²) < 4.78 is 0. The zero-order valence-corrected chi connectivity index (χ0v) is 9.87. The molecule has 1 aromatic rings. The molecule has 84 valence electrons. The fraction of sp³-hybridized carbons (Fsp3) is 0.333. The van der Waals surface area contributed by atoms with Gasteiger partial charge < -0.3 is 4.90 Å².